The summed E-state index contributed by atoms with van der Waals surface area (Å²) >= 11 is 1.91. The van der Waals surface area contributed by atoms with Crippen LogP contribution in [0.4, 0.5) is 0 Å². The number of nitrogens with zero attached hydrogens (tertiary/aromatic N) is 1. The summed E-state index contributed by atoms with van der Waals surface area (Å²) < 4.78 is 23.5. The Morgan fingerprint density at radius 2 is 1.93 bits per heavy atom. The number of guanidine groups is 1. The molecule has 0 atom stereocenters. The third kappa shape index (κ3) is 5.60. The predicted octanol–water partition coefficient (Wildman–Crippen LogP) is 3.84. The maximum atomic E-state index is 11.8. The number of aliphatic imine (C=N–C) groups is 1. The molecule has 2 aromatic rings. The van der Waals surface area contributed by atoms with E-state index in [1.165, 1.54) is 34.4 Å². The van der Waals surface area contributed by atoms with Crippen molar-refractivity contribution in [2.45, 2.75) is 58.0 Å². The fourth-order valence-electron chi connectivity index (χ4n) is 3.85. The lowest BCUT2D eigenvalue weighted by Gasteiger charge is -2.29. The maximum Gasteiger partial charge on any atom is 0.191 e. The standard InChI is InChI=1S/C22H31N3O2S2/c1-15-10-16(6-7-20(15)29(5,26)27)13-24-21(23-4)25-14-18-11-17-12-22(2,3)9-8-19(17)28-18/h6-7,10-11H,8-9,12-14H2,1-5H3,(H2,23,24,25). The van der Waals surface area contributed by atoms with E-state index >= 15 is 0 Å². The van der Waals surface area contributed by atoms with Crippen LogP contribution in [0.1, 0.15) is 46.7 Å². The molecule has 0 fully saturated rings. The van der Waals surface area contributed by atoms with Gasteiger partial charge in [0, 0.05) is 29.6 Å². The Kier molecular flexibility index (Phi) is 6.39. The van der Waals surface area contributed by atoms with Crippen molar-refractivity contribution in [1.82, 2.24) is 10.6 Å². The number of aryl methyl sites for hydroxylation is 2. The number of hydrogen-bond donors (Lipinski definition) is 2. The number of nitrogens with one attached hydrogen (secondary N) is 2. The molecule has 0 bridgehead atoms. The second-order valence-electron chi connectivity index (χ2n) is 8.65. The summed E-state index contributed by atoms with van der Waals surface area (Å²) in [5.41, 5.74) is 3.70. The lowest BCUT2D eigenvalue weighted by Crippen LogP contribution is -2.36. The summed E-state index contributed by atoms with van der Waals surface area (Å²) in [6, 6.07) is 7.77. The highest BCUT2D eigenvalue weighted by Crippen LogP contribution is 2.38. The topological polar surface area (TPSA) is 70.6 Å². The number of thiophene rings is 1. The minimum absolute atomic E-state index is 0.383. The number of hydrogen-bond acceptors (Lipinski definition) is 4. The lowest BCUT2D eigenvalue weighted by atomic mass is 9.77. The van der Waals surface area contributed by atoms with Crippen LogP contribution >= 0.6 is 11.3 Å². The van der Waals surface area contributed by atoms with E-state index < -0.39 is 9.84 Å². The van der Waals surface area contributed by atoms with Crippen LogP contribution in [0.15, 0.2) is 34.2 Å². The molecule has 0 spiro atoms. The molecule has 0 amide bonds. The van der Waals surface area contributed by atoms with Crippen molar-refractivity contribution in [2.75, 3.05) is 13.3 Å². The Morgan fingerprint density at radius 3 is 2.59 bits per heavy atom. The van der Waals surface area contributed by atoms with Crippen molar-refractivity contribution in [3.05, 3.63) is 50.7 Å². The number of fused-ring (bicyclic) bond motifs is 1. The molecular formula is C22H31N3O2S2. The van der Waals surface area contributed by atoms with Crippen molar-refractivity contribution >= 4 is 27.1 Å². The molecule has 0 saturated heterocycles. The Balaban J connectivity index is 1.57. The first-order valence-electron chi connectivity index (χ1n) is 9.92. The smallest absolute Gasteiger partial charge is 0.191 e. The van der Waals surface area contributed by atoms with Gasteiger partial charge in [0.1, 0.15) is 0 Å². The van der Waals surface area contributed by atoms with E-state index in [2.05, 4.69) is 35.5 Å². The first kappa shape index (κ1) is 21.8. The molecule has 1 aliphatic rings. The van der Waals surface area contributed by atoms with Gasteiger partial charge in [0.05, 0.1) is 11.4 Å². The van der Waals surface area contributed by atoms with Gasteiger partial charge in [-0.25, -0.2) is 8.42 Å². The van der Waals surface area contributed by atoms with E-state index in [9.17, 15) is 8.42 Å². The molecule has 158 valence electrons. The van der Waals surface area contributed by atoms with Crippen molar-refractivity contribution in [3.63, 3.8) is 0 Å². The van der Waals surface area contributed by atoms with Crippen molar-refractivity contribution in [1.29, 1.82) is 0 Å². The van der Waals surface area contributed by atoms with Crippen molar-refractivity contribution < 1.29 is 8.42 Å². The van der Waals surface area contributed by atoms with Gasteiger partial charge >= 0.3 is 0 Å². The molecule has 1 heterocycles. The van der Waals surface area contributed by atoms with Gasteiger partial charge in [-0.2, -0.15) is 0 Å². The van der Waals surface area contributed by atoms with E-state index in [0.717, 1.165) is 30.1 Å². The van der Waals surface area contributed by atoms with E-state index in [1.807, 2.05) is 30.4 Å². The van der Waals surface area contributed by atoms with Gasteiger partial charge in [0.25, 0.3) is 0 Å². The first-order chi connectivity index (χ1) is 13.6. The molecule has 0 aliphatic heterocycles. The quantitative estimate of drug-likeness (QED) is 0.555. The van der Waals surface area contributed by atoms with Gasteiger partial charge in [-0.1, -0.05) is 26.0 Å². The zero-order chi connectivity index (χ0) is 21.2. The summed E-state index contributed by atoms with van der Waals surface area (Å²) in [4.78, 5) is 7.56. The molecule has 29 heavy (non-hydrogen) atoms. The van der Waals surface area contributed by atoms with Gasteiger partial charge in [-0.3, -0.25) is 4.99 Å². The molecule has 1 aromatic heterocycles. The first-order valence-corrected chi connectivity index (χ1v) is 12.6. The second-order valence-corrected chi connectivity index (χ2v) is 11.9. The predicted molar refractivity (Wildman–Crippen MR) is 121 cm³/mol. The monoisotopic (exact) mass is 433 g/mol. The molecule has 1 aromatic carbocycles. The van der Waals surface area contributed by atoms with Gasteiger partial charge in [-0.15, -0.1) is 11.3 Å². The zero-order valence-electron chi connectivity index (χ0n) is 17.9. The Bertz CT molecular complexity index is 1020. The van der Waals surface area contributed by atoms with E-state index in [1.54, 1.807) is 13.1 Å². The highest BCUT2D eigenvalue weighted by atomic mass is 32.2. The van der Waals surface area contributed by atoms with Crippen LogP contribution in [-0.4, -0.2) is 27.7 Å². The number of sulfone groups is 1. The third-order valence-electron chi connectivity index (χ3n) is 5.40. The van der Waals surface area contributed by atoms with Crippen LogP contribution in [-0.2, 0) is 35.8 Å². The van der Waals surface area contributed by atoms with Crippen LogP contribution in [0.5, 0.6) is 0 Å². The molecule has 2 N–H and O–H groups in total. The second kappa shape index (κ2) is 8.48. The fourth-order valence-corrected chi connectivity index (χ4v) is 5.93. The van der Waals surface area contributed by atoms with Gasteiger partial charge in [-0.05, 0) is 60.4 Å². The van der Waals surface area contributed by atoms with Crippen LogP contribution in [0.25, 0.3) is 0 Å². The summed E-state index contributed by atoms with van der Waals surface area (Å²) in [7, 11) is -1.43. The molecule has 0 saturated carbocycles. The molecule has 5 nitrogen and oxygen atoms in total. The largest absolute Gasteiger partial charge is 0.352 e. The summed E-state index contributed by atoms with van der Waals surface area (Å²) in [6.45, 7) is 7.86. The summed E-state index contributed by atoms with van der Waals surface area (Å²) in [5.74, 6) is 0.738. The average molecular weight is 434 g/mol. The van der Waals surface area contributed by atoms with Gasteiger partial charge < -0.3 is 10.6 Å². The highest BCUT2D eigenvalue weighted by Gasteiger charge is 2.26. The molecule has 0 radical (unpaired) electrons. The van der Waals surface area contributed by atoms with Crippen molar-refractivity contribution in [2.24, 2.45) is 10.4 Å². The van der Waals surface area contributed by atoms with Gasteiger partial charge in [0.15, 0.2) is 15.8 Å². The summed E-state index contributed by atoms with van der Waals surface area (Å²) in [6.07, 6.45) is 4.84. The highest BCUT2D eigenvalue weighted by molar-refractivity contribution is 7.90. The Hall–Kier alpha value is -1.86. The van der Waals surface area contributed by atoms with E-state index in [0.29, 0.717) is 16.9 Å². The number of rotatable bonds is 5. The average Bonchev–Trinajstić information content (AvgIpc) is 3.01. The lowest BCUT2D eigenvalue weighted by molar-refractivity contribution is 0.318. The molecular weight excluding hydrogens is 402 g/mol. The van der Waals surface area contributed by atoms with Crippen LogP contribution < -0.4 is 10.6 Å². The Labute approximate surface area is 178 Å². The SMILES string of the molecule is CN=C(NCc1ccc(S(C)(=O)=O)c(C)c1)NCc1cc2c(s1)CCC(C)(C)C2. The molecule has 3 rings (SSSR count). The normalized spacial score (nSPS) is 16.4. The maximum absolute atomic E-state index is 11.8. The van der Waals surface area contributed by atoms with E-state index in [-0.39, 0.29) is 0 Å². The van der Waals surface area contributed by atoms with Gasteiger partial charge in [0.2, 0.25) is 0 Å². The molecule has 7 heteroatoms. The van der Waals surface area contributed by atoms with E-state index in [4.69, 9.17) is 0 Å². The van der Waals surface area contributed by atoms with Crippen LogP contribution in [0.2, 0.25) is 0 Å². The van der Waals surface area contributed by atoms with Crippen LogP contribution in [0.3, 0.4) is 0 Å². The number of benzene rings is 1. The molecule has 1 aliphatic carbocycles. The zero-order valence-corrected chi connectivity index (χ0v) is 19.6. The third-order valence-corrected chi connectivity index (χ3v) is 7.89. The Morgan fingerprint density at radius 1 is 1.21 bits per heavy atom. The van der Waals surface area contributed by atoms with Crippen molar-refractivity contribution in [3.8, 4) is 0 Å². The minimum Gasteiger partial charge on any atom is -0.352 e. The fraction of sp³-hybridized carbons (Fsp3) is 0.500. The summed E-state index contributed by atoms with van der Waals surface area (Å²) in [5, 5.41) is 6.70. The molecule has 0 unspecified atom stereocenters. The van der Waals surface area contributed by atoms with Crippen LogP contribution in [0, 0.1) is 12.3 Å². The minimum atomic E-state index is -3.19.